The summed E-state index contributed by atoms with van der Waals surface area (Å²) in [4.78, 5) is 24.3. The number of nitrogens with zero attached hydrogens (tertiary/aromatic N) is 2. The Morgan fingerprint density at radius 3 is 2.34 bits per heavy atom. The molecule has 4 aliphatic carbocycles. The van der Waals surface area contributed by atoms with Gasteiger partial charge in [0.2, 0.25) is 5.91 Å². The van der Waals surface area contributed by atoms with Gasteiger partial charge in [0, 0.05) is 24.7 Å². The third kappa shape index (κ3) is 4.04. The van der Waals surface area contributed by atoms with E-state index < -0.39 is 29.7 Å². The third-order valence-electron chi connectivity index (χ3n) is 6.28. The van der Waals surface area contributed by atoms with Gasteiger partial charge in [0.15, 0.2) is 5.69 Å². The van der Waals surface area contributed by atoms with Gasteiger partial charge in [-0.2, -0.15) is 18.3 Å². The fraction of sp³-hybridized carbons (Fsp3) is 0.650. The molecule has 2 fully saturated rings. The molecule has 1 aromatic rings. The number of carbonyl (C=O) groups is 2. The standard InChI is InChI=1S/C20H24F3N3O3/c21-20(22,23)15-10-14(11-2-3-11)26(25-15)9-1-8-24-18(27)16-12-4-6-13(7-5-12)17(16)19(28)29/h4,6,10-13,16-17H,1-3,5,7-9H2,(H,24,27)(H,28,29)/t12-,13+,16-,17-/m0/s1. The van der Waals surface area contributed by atoms with Gasteiger partial charge in [0.25, 0.3) is 0 Å². The molecule has 0 aliphatic heterocycles. The van der Waals surface area contributed by atoms with E-state index in [1.807, 2.05) is 12.2 Å². The van der Waals surface area contributed by atoms with Gasteiger partial charge in [-0.3, -0.25) is 14.3 Å². The van der Waals surface area contributed by atoms with E-state index >= 15 is 0 Å². The number of allylic oxidation sites excluding steroid dienone is 2. The predicted octanol–water partition coefficient (Wildman–Crippen LogP) is 3.20. The number of carboxylic acid groups (broad SMARTS) is 1. The lowest BCUT2D eigenvalue weighted by Crippen LogP contribution is -2.49. The minimum absolute atomic E-state index is 0.0666. The van der Waals surface area contributed by atoms with Gasteiger partial charge in [-0.1, -0.05) is 12.2 Å². The van der Waals surface area contributed by atoms with E-state index in [-0.39, 0.29) is 36.8 Å². The van der Waals surface area contributed by atoms with Crippen molar-refractivity contribution < 1.29 is 27.9 Å². The quantitative estimate of drug-likeness (QED) is 0.533. The first kappa shape index (κ1) is 20.0. The number of aromatic nitrogens is 2. The Morgan fingerprint density at radius 2 is 1.79 bits per heavy atom. The SMILES string of the molecule is O=C(O)[C@@H]1[C@@H](C(=O)NCCCn2nc(C(F)(F)F)cc2C2CC2)[C@H]2C=C[C@@H]1CC2. The number of aryl methyl sites for hydroxylation is 1. The largest absolute Gasteiger partial charge is 0.481 e. The molecule has 4 aliphatic rings. The number of carbonyl (C=O) groups excluding carboxylic acids is 1. The molecule has 0 spiro atoms. The molecule has 1 amide bonds. The number of alkyl halides is 3. The summed E-state index contributed by atoms with van der Waals surface area (Å²) in [5, 5.41) is 16.0. The number of hydrogen-bond acceptors (Lipinski definition) is 3. The van der Waals surface area contributed by atoms with Crippen LogP contribution in [0.2, 0.25) is 0 Å². The second-order valence-corrected chi connectivity index (χ2v) is 8.27. The number of hydrogen-bond donors (Lipinski definition) is 2. The van der Waals surface area contributed by atoms with Crippen molar-refractivity contribution in [2.75, 3.05) is 6.54 Å². The molecule has 1 aromatic heterocycles. The monoisotopic (exact) mass is 411 g/mol. The van der Waals surface area contributed by atoms with E-state index in [9.17, 15) is 27.9 Å². The lowest BCUT2D eigenvalue weighted by Gasteiger charge is -2.41. The first-order valence-corrected chi connectivity index (χ1v) is 10.1. The Bertz CT molecular complexity index is 829. The molecule has 2 saturated carbocycles. The maximum Gasteiger partial charge on any atom is 0.435 e. The van der Waals surface area contributed by atoms with Crippen LogP contribution in [0.25, 0.3) is 0 Å². The Hall–Kier alpha value is -2.32. The predicted molar refractivity (Wildman–Crippen MR) is 96.8 cm³/mol. The van der Waals surface area contributed by atoms with E-state index in [1.165, 1.54) is 4.68 Å². The molecule has 0 saturated heterocycles. The zero-order chi connectivity index (χ0) is 20.8. The van der Waals surface area contributed by atoms with Crippen molar-refractivity contribution in [3.05, 3.63) is 29.6 Å². The molecule has 4 atom stereocenters. The maximum atomic E-state index is 13.0. The highest BCUT2D eigenvalue weighted by atomic mass is 19.4. The summed E-state index contributed by atoms with van der Waals surface area (Å²) in [5.74, 6) is -2.57. The van der Waals surface area contributed by atoms with Crippen LogP contribution in [-0.2, 0) is 22.3 Å². The maximum absolute atomic E-state index is 13.0. The molecule has 1 heterocycles. The van der Waals surface area contributed by atoms with E-state index in [0.717, 1.165) is 31.7 Å². The first-order chi connectivity index (χ1) is 13.8. The Kier molecular flexibility index (Phi) is 5.16. The van der Waals surface area contributed by atoms with Crippen LogP contribution in [0.15, 0.2) is 18.2 Å². The van der Waals surface area contributed by atoms with Crippen molar-refractivity contribution in [1.82, 2.24) is 15.1 Å². The summed E-state index contributed by atoms with van der Waals surface area (Å²) >= 11 is 0. The number of halogens is 3. The number of rotatable bonds is 7. The van der Waals surface area contributed by atoms with Crippen molar-refractivity contribution in [1.29, 1.82) is 0 Å². The van der Waals surface area contributed by atoms with Crippen LogP contribution in [0, 0.1) is 23.7 Å². The smallest absolute Gasteiger partial charge is 0.435 e. The van der Waals surface area contributed by atoms with Gasteiger partial charge in [-0.05, 0) is 50.0 Å². The van der Waals surface area contributed by atoms with Crippen LogP contribution in [0.3, 0.4) is 0 Å². The highest BCUT2D eigenvalue weighted by Crippen LogP contribution is 2.45. The number of aliphatic carboxylic acids is 1. The van der Waals surface area contributed by atoms with Crippen molar-refractivity contribution in [2.24, 2.45) is 23.7 Å². The zero-order valence-electron chi connectivity index (χ0n) is 15.9. The number of fused-ring (bicyclic) bond motifs is 2. The van der Waals surface area contributed by atoms with Crippen LogP contribution in [0.5, 0.6) is 0 Å². The number of nitrogens with one attached hydrogen (secondary N) is 1. The molecule has 2 N–H and O–H groups in total. The van der Waals surface area contributed by atoms with Crippen LogP contribution in [-0.4, -0.2) is 33.3 Å². The molecule has 9 heteroatoms. The topological polar surface area (TPSA) is 84.2 Å². The van der Waals surface area contributed by atoms with Crippen LogP contribution in [0.4, 0.5) is 13.2 Å². The minimum atomic E-state index is -4.47. The molecule has 0 unspecified atom stereocenters. The normalized spacial score (nSPS) is 28.5. The summed E-state index contributed by atoms with van der Waals surface area (Å²) in [7, 11) is 0. The zero-order valence-corrected chi connectivity index (χ0v) is 15.9. The number of carboxylic acids is 1. The molecule has 158 valence electrons. The van der Waals surface area contributed by atoms with Crippen LogP contribution < -0.4 is 5.32 Å². The Labute approximate surface area is 166 Å². The average molecular weight is 411 g/mol. The van der Waals surface area contributed by atoms with E-state index in [1.54, 1.807) is 0 Å². The molecular weight excluding hydrogens is 387 g/mol. The average Bonchev–Trinajstić information content (AvgIpc) is 3.43. The van der Waals surface area contributed by atoms with Crippen LogP contribution >= 0.6 is 0 Å². The third-order valence-corrected chi connectivity index (χ3v) is 6.28. The fourth-order valence-electron chi connectivity index (χ4n) is 4.70. The summed E-state index contributed by atoms with van der Waals surface area (Å²) in [6, 6.07) is 1.12. The molecule has 5 rings (SSSR count). The first-order valence-electron chi connectivity index (χ1n) is 10.1. The lowest BCUT2D eigenvalue weighted by molar-refractivity contribution is -0.153. The van der Waals surface area contributed by atoms with E-state index in [4.69, 9.17) is 0 Å². The highest BCUT2D eigenvalue weighted by Gasteiger charge is 2.48. The summed E-state index contributed by atoms with van der Waals surface area (Å²) in [6.45, 7) is 0.551. The van der Waals surface area contributed by atoms with Gasteiger partial charge in [-0.15, -0.1) is 0 Å². The molecule has 6 nitrogen and oxygen atoms in total. The van der Waals surface area contributed by atoms with Gasteiger partial charge >= 0.3 is 12.1 Å². The fourth-order valence-corrected chi connectivity index (χ4v) is 4.70. The van der Waals surface area contributed by atoms with E-state index in [0.29, 0.717) is 12.1 Å². The van der Waals surface area contributed by atoms with E-state index in [2.05, 4.69) is 10.4 Å². The van der Waals surface area contributed by atoms with Crippen molar-refractivity contribution in [3.8, 4) is 0 Å². The summed E-state index contributed by atoms with van der Waals surface area (Å²) in [6.07, 6.45) is 3.14. The van der Waals surface area contributed by atoms with Gasteiger partial charge < -0.3 is 10.4 Å². The summed E-state index contributed by atoms with van der Waals surface area (Å²) in [5.41, 5.74) is -0.276. The number of amides is 1. The second-order valence-electron chi connectivity index (χ2n) is 8.27. The molecule has 0 radical (unpaired) electrons. The lowest BCUT2D eigenvalue weighted by atomic mass is 9.62. The molecule has 0 aromatic carbocycles. The molecular formula is C20H24F3N3O3. The Morgan fingerprint density at radius 1 is 1.14 bits per heavy atom. The Balaban J connectivity index is 1.34. The van der Waals surface area contributed by atoms with Gasteiger partial charge in [0.1, 0.15) is 0 Å². The van der Waals surface area contributed by atoms with Gasteiger partial charge in [0.05, 0.1) is 11.8 Å². The minimum Gasteiger partial charge on any atom is -0.481 e. The van der Waals surface area contributed by atoms with Gasteiger partial charge in [-0.25, -0.2) is 0 Å². The van der Waals surface area contributed by atoms with Crippen molar-refractivity contribution in [2.45, 2.75) is 50.7 Å². The second kappa shape index (κ2) is 7.50. The van der Waals surface area contributed by atoms with Crippen LogP contribution in [0.1, 0.15) is 49.4 Å². The molecule has 2 bridgehead atoms. The summed E-state index contributed by atoms with van der Waals surface area (Å²) < 4.78 is 40.3. The molecule has 29 heavy (non-hydrogen) atoms. The highest BCUT2D eigenvalue weighted by molar-refractivity contribution is 5.86. The van der Waals surface area contributed by atoms with Crippen molar-refractivity contribution in [3.63, 3.8) is 0 Å². The van der Waals surface area contributed by atoms with Crippen molar-refractivity contribution >= 4 is 11.9 Å².